The summed E-state index contributed by atoms with van der Waals surface area (Å²) in [4.78, 5) is 16.6. The molecule has 7 nitrogen and oxygen atoms in total. The second-order valence-corrected chi connectivity index (χ2v) is 7.76. The molecular formula is C17H19N3O4S. The Hall–Kier alpha value is -2.58. The zero-order valence-corrected chi connectivity index (χ0v) is 14.8. The Morgan fingerprint density at radius 2 is 1.72 bits per heavy atom. The predicted octanol–water partition coefficient (Wildman–Crippen LogP) is 1.73. The van der Waals surface area contributed by atoms with E-state index in [2.05, 4.69) is 9.97 Å². The van der Waals surface area contributed by atoms with E-state index in [1.807, 2.05) is 24.3 Å². The van der Waals surface area contributed by atoms with E-state index in [0.29, 0.717) is 24.0 Å². The molecule has 0 atom stereocenters. The van der Waals surface area contributed by atoms with Gasteiger partial charge in [-0.1, -0.05) is 12.1 Å². The molecule has 132 valence electrons. The molecule has 2 N–H and O–H groups in total. The highest BCUT2D eigenvalue weighted by Crippen LogP contribution is 2.19. The molecule has 0 saturated carbocycles. The Kier molecular flexibility index (Phi) is 4.65. The standard InChI is InChI=1S/C17H19N3O4S/c1-20(10-9-12-3-5-13(24-2)6-4-12)25(22,23)14-7-8-15-16(11-14)19-17(21)18-15/h3-8,11H,9-10H2,1-2H3,(H2,18,19,21). The zero-order valence-electron chi connectivity index (χ0n) is 13.9. The van der Waals surface area contributed by atoms with Crippen molar-refractivity contribution in [3.8, 4) is 5.75 Å². The fourth-order valence-corrected chi connectivity index (χ4v) is 3.75. The average Bonchev–Trinajstić information content (AvgIpc) is 2.99. The van der Waals surface area contributed by atoms with Crippen molar-refractivity contribution in [3.63, 3.8) is 0 Å². The molecular weight excluding hydrogens is 342 g/mol. The number of likely N-dealkylation sites (N-methyl/N-ethyl adjacent to an activating group) is 1. The van der Waals surface area contributed by atoms with E-state index >= 15 is 0 Å². The fourth-order valence-electron chi connectivity index (χ4n) is 2.55. The van der Waals surface area contributed by atoms with Gasteiger partial charge in [0.15, 0.2) is 0 Å². The quantitative estimate of drug-likeness (QED) is 0.699. The van der Waals surface area contributed by atoms with Crippen LogP contribution in [-0.2, 0) is 16.4 Å². The number of H-pyrrole nitrogens is 2. The highest BCUT2D eigenvalue weighted by atomic mass is 32.2. The lowest BCUT2D eigenvalue weighted by molar-refractivity contribution is 0.414. The van der Waals surface area contributed by atoms with Crippen molar-refractivity contribution in [1.82, 2.24) is 14.3 Å². The van der Waals surface area contributed by atoms with Gasteiger partial charge in [-0.3, -0.25) is 0 Å². The van der Waals surface area contributed by atoms with Crippen LogP contribution in [0.2, 0.25) is 0 Å². The van der Waals surface area contributed by atoms with E-state index in [-0.39, 0.29) is 10.6 Å². The summed E-state index contributed by atoms with van der Waals surface area (Å²) in [6.07, 6.45) is 0.586. The Morgan fingerprint density at radius 3 is 2.40 bits per heavy atom. The maximum Gasteiger partial charge on any atom is 0.323 e. The summed E-state index contributed by atoms with van der Waals surface area (Å²) in [7, 11) is -0.486. The van der Waals surface area contributed by atoms with Crippen molar-refractivity contribution in [3.05, 3.63) is 58.5 Å². The summed E-state index contributed by atoms with van der Waals surface area (Å²) in [5.74, 6) is 0.763. The summed E-state index contributed by atoms with van der Waals surface area (Å²) in [6.45, 7) is 0.344. The van der Waals surface area contributed by atoms with Gasteiger partial charge in [-0.05, 0) is 42.3 Å². The lowest BCUT2D eigenvalue weighted by Crippen LogP contribution is -2.29. The van der Waals surface area contributed by atoms with Crippen LogP contribution in [-0.4, -0.2) is 43.4 Å². The molecule has 0 saturated heterocycles. The first-order chi connectivity index (χ1) is 11.9. The Bertz CT molecular complexity index is 1040. The van der Waals surface area contributed by atoms with E-state index in [1.54, 1.807) is 20.2 Å². The number of hydrogen-bond acceptors (Lipinski definition) is 4. The second kappa shape index (κ2) is 6.73. The first-order valence-electron chi connectivity index (χ1n) is 7.71. The molecule has 1 heterocycles. The van der Waals surface area contributed by atoms with E-state index in [4.69, 9.17) is 4.74 Å². The van der Waals surface area contributed by atoms with Gasteiger partial charge in [0.25, 0.3) is 0 Å². The summed E-state index contributed by atoms with van der Waals surface area (Å²) in [5.41, 5.74) is 1.70. The Labute approximate surface area is 145 Å². The van der Waals surface area contributed by atoms with Gasteiger partial charge in [0.1, 0.15) is 5.75 Å². The minimum atomic E-state index is -3.63. The van der Waals surface area contributed by atoms with Crippen LogP contribution in [0.3, 0.4) is 0 Å². The highest BCUT2D eigenvalue weighted by molar-refractivity contribution is 7.89. The maximum absolute atomic E-state index is 12.7. The molecule has 0 fully saturated rings. The number of aromatic nitrogens is 2. The summed E-state index contributed by atoms with van der Waals surface area (Å²) < 4.78 is 31.8. The second-order valence-electron chi connectivity index (χ2n) is 5.71. The minimum absolute atomic E-state index is 0.146. The van der Waals surface area contributed by atoms with E-state index in [1.165, 1.54) is 16.4 Å². The molecule has 0 bridgehead atoms. The molecule has 2 aromatic carbocycles. The van der Waals surface area contributed by atoms with Gasteiger partial charge in [0.05, 0.1) is 23.0 Å². The lowest BCUT2D eigenvalue weighted by atomic mass is 10.1. The van der Waals surface area contributed by atoms with Crippen LogP contribution in [0, 0.1) is 0 Å². The molecule has 0 aliphatic rings. The van der Waals surface area contributed by atoms with Gasteiger partial charge in [0.2, 0.25) is 10.0 Å². The number of hydrogen-bond donors (Lipinski definition) is 2. The van der Waals surface area contributed by atoms with Crippen LogP contribution in [0.25, 0.3) is 11.0 Å². The van der Waals surface area contributed by atoms with Crippen molar-refractivity contribution in [2.24, 2.45) is 0 Å². The van der Waals surface area contributed by atoms with Gasteiger partial charge in [-0.15, -0.1) is 0 Å². The first kappa shape index (κ1) is 17.2. The van der Waals surface area contributed by atoms with Crippen molar-refractivity contribution < 1.29 is 13.2 Å². The molecule has 3 aromatic rings. The monoisotopic (exact) mass is 361 g/mol. The number of benzene rings is 2. The lowest BCUT2D eigenvalue weighted by Gasteiger charge is -2.17. The summed E-state index contributed by atoms with van der Waals surface area (Å²) in [5, 5.41) is 0. The van der Waals surface area contributed by atoms with Gasteiger partial charge in [-0.2, -0.15) is 0 Å². The SMILES string of the molecule is COc1ccc(CCN(C)S(=O)(=O)c2ccc3[nH]c(=O)[nH]c3c2)cc1. The number of sulfonamides is 1. The topological polar surface area (TPSA) is 95.3 Å². The molecule has 0 aliphatic heterocycles. The highest BCUT2D eigenvalue weighted by Gasteiger charge is 2.21. The summed E-state index contributed by atoms with van der Waals surface area (Å²) in [6, 6.07) is 12.1. The van der Waals surface area contributed by atoms with Crippen LogP contribution in [0.5, 0.6) is 5.75 Å². The predicted molar refractivity (Wildman–Crippen MR) is 95.4 cm³/mol. The number of nitrogens with one attached hydrogen (secondary N) is 2. The molecule has 0 spiro atoms. The molecule has 25 heavy (non-hydrogen) atoms. The third-order valence-corrected chi connectivity index (χ3v) is 5.92. The van der Waals surface area contributed by atoms with E-state index in [0.717, 1.165) is 11.3 Å². The number of ether oxygens (including phenoxy) is 1. The number of fused-ring (bicyclic) bond motifs is 1. The van der Waals surface area contributed by atoms with Gasteiger partial charge in [-0.25, -0.2) is 17.5 Å². The van der Waals surface area contributed by atoms with Crippen molar-refractivity contribution in [2.45, 2.75) is 11.3 Å². The third kappa shape index (κ3) is 3.59. The number of rotatable bonds is 6. The molecule has 0 unspecified atom stereocenters. The summed E-state index contributed by atoms with van der Waals surface area (Å²) >= 11 is 0. The first-order valence-corrected chi connectivity index (χ1v) is 9.15. The molecule has 1 aromatic heterocycles. The molecule has 8 heteroatoms. The zero-order chi connectivity index (χ0) is 18.0. The maximum atomic E-state index is 12.7. The van der Waals surface area contributed by atoms with Crippen molar-refractivity contribution in [2.75, 3.05) is 20.7 Å². The van der Waals surface area contributed by atoms with Crippen LogP contribution in [0.15, 0.2) is 52.2 Å². The van der Waals surface area contributed by atoms with Gasteiger partial charge >= 0.3 is 5.69 Å². The number of imidazole rings is 1. The Balaban J connectivity index is 1.76. The largest absolute Gasteiger partial charge is 0.497 e. The van der Waals surface area contributed by atoms with Gasteiger partial charge < -0.3 is 14.7 Å². The van der Waals surface area contributed by atoms with Gasteiger partial charge in [0, 0.05) is 13.6 Å². The third-order valence-electron chi connectivity index (χ3n) is 4.07. The molecule has 3 rings (SSSR count). The number of methoxy groups -OCH3 is 1. The minimum Gasteiger partial charge on any atom is -0.497 e. The fraction of sp³-hybridized carbons (Fsp3) is 0.235. The number of aromatic amines is 2. The molecule has 0 amide bonds. The van der Waals surface area contributed by atoms with E-state index < -0.39 is 10.0 Å². The van der Waals surface area contributed by atoms with Crippen molar-refractivity contribution in [1.29, 1.82) is 0 Å². The van der Waals surface area contributed by atoms with E-state index in [9.17, 15) is 13.2 Å². The van der Waals surface area contributed by atoms with Crippen LogP contribution in [0.4, 0.5) is 0 Å². The normalized spacial score (nSPS) is 12.0. The van der Waals surface area contributed by atoms with Crippen LogP contribution in [0.1, 0.15) is 5.56 Å². The van der Waals surface area contributed by atoms with Crippen LogP contribution < -0.4 is 10.4 Å². The number of nitrogens with zero attached hydrogens (tertiary/aromatic N) is 1. The van der Waals surface area contributed by atoms with Crippen molar-refractivity contribution >= 4 is 21.1 Å². The average molecular weight is 361 g/mol. The molecule has 0 aliphatic carbocycles. The Morgan fingerprint density at radius 1 is 1.04 bits per heavy atom. The smallest absolute Gasteiger partial charge is 0.323 e. The van der Waals surface area contributed by atoms with Crippen LogP contribution >= 0.6 is 0 Å². The molecule has 0 radical (unpaired) electrons.